The third-order valence-electron chi connectivity index (χ3n) is 4.53. The molecular weight excluding hydrogens is 422 g/mol. The molecule has 9 heteroatoms. The van der Waals surface area contributed by atoms with Gasteiger partial charge in [0.25, 0.3) is 0 Å². The Morgan fingerprint density at radius 2 is 1.81 bits per heavy atom. The fourth-order valence-corrected chi connectivity index (χ4v) is 3.80. The van der Waals surface area contributed by atoms with Crippen LogP contribution < -0.4 is 16.0 Å². The Bertz CT molecular complexity index is 868. The molecule has 0 spiro atoms. The molecule has 0 aliphatic rings. The van der Waals surface area contributed by atoms with Crippen LogP contribution in [0, 0.1) is 17.6 Å². The molecule has 0 bridgehead atoms. The largest absolute Gasteiger partial charge is 0.344 e. The van der Waals surface area contributed by atoms with Gasteiger partial charge in [0, 0.05) is 23.2 Å². The molecule has 170 valence electrons. The van der Waals surface area contributed by atoms with Crippen molar-refractivity contribution in [1.29, 1.82) is 0 Å². The second kappa shape index (κ2) is 11.9. The maximum absolute atomic E-state index is 13.3. The molecule has 6 nitrogen and oxygen atoms in total. The number of anilines is 1. The first-order chi connectivity index (χ1) is 14.7. The van der Waals surface area contributed by atoms with E-state index in [1.165, 1.54) is 11.3 Å². The van der Waals surface area contributed by atoms with Crippen molar-refractivity contribution >= 4 is 28.3 Å². The molecule has 1 unspecified atom stereocenters. The minimum atomic E-state index is -0.764. The van der Waals surface area contributed by atoms with Crippen LogP contribution in [0.15, 0.2) is 24.4 Å². The molecule has 1 heterocycles. The van der Waals surface area contributed by atoms with E-state index >= 15 is 0 Å². The standard InChI is InChI=1S/C22H30F2N4O2S/c1-5-6-18(27-20(29)9-15-7-16(23)10-17(24)8-15)21(30)28-22-26-12-19(31-22)14(4)25-11-13(2)3/h7-8,10,12-14,18,25H,5-6,9,11H2,1-4H3,(H,27,29)(H,26,28,30)/t14?,18-/m0/s1. The normalized spacial score (nSPS) is 13.1. The molecule has 2 atom stereocenters. The highest BCUT2D eigenvalue weighted by molar-refractivity contribution is 7.15. The molecule has 1 aromatic carbocycles. The third-order valence-corrected chi connectivity index (χ3v) is 5.62. The first-order valence-electron chi connectivity index (χ1n) is 10.4. The quantitative estimate of drug-likeness (QED) is 0.477. The van der Waals surface area contributed by atoms with Crippen molar-refractivity contribution in [3.63, 3.8) is 0 Å². The Balaban J connectivity index is 1.96. The number of halogens is 2. The summed E-state index contributed by atoms with van der Waals surface area (Å²) in [5.41, 5.74) is 0.207. The van der Waals surface area contributed by atoms with Gasteiger partial charge in [-0.1, -0.05) is 27.2 Å². The highest BCUT2D eigenvalue weighted by Gasteiger charge is 2.22. The predicted octanol–water partition coefficient (Wildman–Crippen LogP) is 4.19. The topological polar surface area (TPSA) is 83.1 Å². The van der Waals surface area contributed by atoms with E-state index in [2.05, 4.69) is 34.8 Å². The third kappa shape index (κ3) is 8.34. The number of hydrogen-bond acceptors (Lipinski definition) is 5. The van der Waals surface area contributed by atoms with Gasteiger partial charge in [-0.2, -0.15) is 0 Å². The smallest absolute Gasteiger partial charge is 0.248 e. The molecule has 0 radical (unpaired) electrons. The Labute approximate surface area is 185 Å². The predicted molar refractivity (Wildman–Crippen MR) is 119 cm³/mol. The van der Waals surface area contributed by atoms with Crippen LogP contribution in [0.4, 0.5) is 13.9 Å². The van der Waals surface area contributed by atoms with E-state index in [1.54, 1.807) is 6.20 Å². The van der Waals surface area contributed by atoms with Crippen molar-refractivity contribution in [2.45, 2.75) is 59.0 Å². The number of benzene rings is 1. The Morgan fingerprint density at radius 1 is 1.13 bits per heavy atom. The zero-order valence-corrected chi connectivity index (χ0v) is 19.1. The fraction of sp³-hybridized carbons (Fsp3) is 0.500. The summed E-state index contributed by atoms with van der Waals surface area (Å²) >= 11 is 1.38. The maximum atomic E-state index is 13.3. The molecule has 2 aromatic rings. The zero-order valence-electron chi connectivity index (χ0n) is 18.3. The molecule has 3 N–H and O–H groups in total. The van der Waals surface area contributed by atoms with Crippen molar-refractivity contribution in [3.05, 3.63) is 46.5 Å². The number of carbonyl (C=O) groups excluding carboxylic acids is 2. The van der Waals surface area contributed by atoms with Crippen molar-refractivity contribution in [2.75, 3.05) is 11.9 Å². The maximum Gasteiger partial charge on any atom is 0.248 e. The van der Waals surface area contributed by atoms with E-state index in [0.717, 1.165) is 29.6 Å². The van der Waals surface area contributed by atoms with E-state index in [0.29, 0.717) is 23.9 Å². The van der Waals surface area contributed by atoms with Crippen molar-refractivity contribution in [3.8, 4) is 0 Å². The monoisotopic (exact) mass is 452 g/mol. The van der Waals surface area contributed by atoms with E-state index < -0.39 is 23.6 Å². The zero-order chi connectivity index (χ0) is 23.0. The van der Waals surface area contributed by atoms with Crippen LogP contribution in [0.2, 0.25) is 0 Å². The summed E-state index contributed by atoms with van der Waals surface area (Å²) in [5.74, 6) is -1.82. The summed E-state index contributed by atoms with van der Waals surface area (Å²) in [6.45, 7) is 9.07. The molecule has 2 amide bonds. The average molecular weight is 453 g/mol. The molecule has 0 fully saturated rings. The first-order valence-corrected chi connectivity index (χ1v) is 11.2. The Morgan fingerprint density at radius 3 is 2.42 bits per heavy atom. The summed E-state index contributed by atoms with van der Waals surface area (Å²) in [4.78, 5) is 30.3. The summed E-state index contributed by atoms with van der Waals surface area (Å²) in [6.07, 6.45) is 2.61. The van der Waals surface area contributed by atoms with Crippen molar-refractivity contribution in [2.24, 2.45) is 5.92 Å². The lowest BCUT2D eigenvalue weighted by Crippen LogP contribution is -2.44. The van der Waals surface area contributed by atoms with Gasteiger partial charge < -0.3 is 16.0 Å². The fourth-order valence-electron chi connectivity index (χ4n) is 2.95. The molecule has 0 saturated heterocycles. The van der Waals surface area contributed by atoms with Crippen LogP contribution in [0.3, 0.4) is 0 Å². The van der Waals surface area contributed by atoms with Gasteiger partial charge in [0.15, 0.2) is 5.13 Å². The van der Waals surface area contributed by atoms with Crippen LogP contribution in [0.25, 0.3) is 0 Å². The van der Waals surface area contributed by atoms with E-state index in [-0.39, 0.29) is 23.9 Å². The Hall–Kier alpha value is -2.39. The van der Waals surface area contributed by atoms with E-state index in [4.69, 9.17) is 0 Å². The average Bonchev–Trinajstić information content (AvgIpc) is 3.13. The van der Waals surface area contributed by atoms with Crippen molar-refractivity contribution < 1.29 is 18.4 Å². The number of amides is 2. The minimum Gasteiger partial charge on any atom is -0.344 e. The van der Waals surface area contributed by atoms with Crippen LogP contribution >= 0.6 is 11.3 Å². The van der Waals surface area contributed by atoms with Crippen molar-refractivity contribution in [1.82, 2.24) is 15.6 Å². The van der Waals surface area contributed by atoms with Gasteiger partial charge in [-0.3, -0.25) is 9.59 Å². The molecule has 0 saturated carbocycles. The van der Waals surface area contributed by atoms with Crippen LogP contribution in [0.1, 0.15) is 57.0 Å². The van der Waals surface area contributed by atoms with Crippen LogP contribution in [-0.4, -0.2) is 29.4 Å². The number of aromatic nitrogens is 1. The number of nitrogens with one attached hydrogen (secondary N) is 3. The second-order valence-electron chi connectivity index (χ2n) is 7.94. The number of rotatable bonds is 11. The summed E-state index contributed by atoms with van der Waals surface area (Å²) in [6, 6.07) is 2.30. The SMILES string of the molecule is CCC[C@H](NC(=O)Cc1cc(F)cc(F)c1)C(=O)Nc1ncc(C(C)NCC(C)C)s1. The number of thiazole rings is 1. The van der Waals surface area contributed by atoms with Gasteiger partial charge in [-0.05, 0) is 43.5 Å². The number of hydrogen-bond donors (Lipinski definition) is 3. The first kappa shape index (κ1) is 24.9. The van der Waals surface area contributed by atoms with Crippen LogP contribution in [-0.2, 0) is 16.0 Å². The minimum absolute atomic E-state index is 0.114. The Kier molecular flexibility index (Phi) is 9.51. The molecule has 2 rings (SSSR count). The number of nitrogens with zero attached hydrogens (tertiary/aromatic N) is 1. The molecule has 0 aliphatic carbocycles. The van der Waals surface area contributed by atoms with E-state index in [9.17, 15) is 18.4 Å². The van der Waals surface area contributed by atoms with Gasteiger partial charge in [0.2, 0.25) is 11.8 Å². The molecular formula is C22H30F2N4O2S. The molecule has 31 heavy (non-hydrogen) atoms. The van der Waals surface area contributed by atoms with Gasteiger partial charge in [0.1, 0.15) is 17.7 Å². The lowest BCUT2D eigenvalue weighted by Gasteiger charge is -2.17. The summed E-state index contributed by atoms with van der Waals surface area (Å²) in [5, 5.41) is 9.29. The lowest BCUT2D eigenvalue weighted by atomic mass is 10.1. The molecule has 1 aromatic heterocycles. The van der Waals surface area contributed by atoms with Gasteiger partial charge in [0.05, 0.1) is 6.42 Å². The van der Waals surface area contributed by atoms with Gasteiger partial charge >= 0.3 is 0 Å². The molecule has 0 aliphatic heterocycles. The second-order valence-corrected chi connectivity index (χ2v) is 9.01. The summed E-state index contributed by atoms with van der Waals surface area (Å²) in [7, 11) is 0. The van der Waals surface area contributed by atoms with Crippen LogP contribution in [0.5, 0.6) is 0 Å². The van der Waals surface area contributed by atoms with Gasteiger partial charge in [-0.15, -0.1) is 11.3 Å². The highest BCUT2D eigenvalue weighted by Crippen LogP contribution is 2.24. The summed E-state index contributed by atoms with van der Waals surface area (Å²) < 4.78 is 26.7. The highest BCUT2D eigenvalue weighted by atomic mass is 32.1. The lowest BCUT2D eigenvalue weighted by molar-refractivity contribution is -0.126. The van der Waals surface area contributed by atoms with Gasteiger partial charge in [-0.25, -0.2) is 13.8 Å². The van der Waals surface area contributed by atoms with E-state index in [1.807, 2.05) is 13.8 Å². The number of carbonyl (C=O) groups is 2.